The van der Waals surface area contributed by atoms with Crippen molar-refractivity contribution in [3.05, 3.63) is 23.9 Å². The number of hydrogen-bond donors (Lipinski definition) is 2. The summed E-state index contributed by atoms with van der Waals surface area (Å²) in [5.74, 6) is 0.212. The number of piperidine rings is 1. The molecule has 2 amide bonds. The van der Waals surface area contributed by atoms with Gasteiger partial charge in [-0.15, -0.1) is 0 Å². The quantitative estimate of drug-likeness (QED) is 0.815. The molecule has 0 unspecified atom stereocenters. The molecular weight excluding hydrogens is 296 g/mol. The van der Waals surface area contributed by atoms with Gasteiger partial charge in [-0.1, -0.05) is 0 Å². The molecule has 23 heavy (non-hydrogen) atoms. The van der Waals surface area contributed by atoms with Crippen molar-refractivity contribution < 1.29 is 14.3 Å². The molecule has 0 bridgehead atoms. The molecule has 7 nitrogen and oxygen atoms in total. The summed E-state index contributed by atoms with van der Waals surface area (Å²) in [5, 5.41) is 2.93. The van der Waals surface area contributed by atoms with Crippen molar-refractivity contribution >= 4 is 17.6 Å². The molecule has 1 aromatic rings. The molecule has 1 aromatic heterocycles. The van der Waals surface area contributed by atoms with Gasteiger partial charge >= 0.3 is 0 Å². The number of likely N-dealkylation sites (tertiary alicyclic amines) is 1. The number of ether oxygens (including phenoxy) is 1. The van der Waals surface area contributed by atoms with Crippen LogP contribution in [0.3, 0.4) is 0 Å². The van der Waals surface area contributed by atoms with E-state index in [0.29, 0.717) is 24.3 Å². The first-order valence-electron chi connectivity index (χ1n) is 7.82. The number of nitrogens with two attached hydrogens (primary N) is 1. The summed E-state index contributed by atoms with van der Waals surface area (Å²) in [6.45, 7) is 0.652. The van der Waals surface area contributed by atoms with E-state index < -0.39 is 0 Å². The van der Waals surface area contributed by atoms with Crippen LogP contribution in [0.25, 0.3) is 0 Å². The van der Waals surface area contributed by atoms with Crippen LogP contribution in [0.2, 0.25) is 0 Å². The zero-order valence-electron chi connectivity index (χ0n) is 13.6. The normalized spacial score (nSPS) is 21.0. The van der Waals surface area contributed by atoms with Crippen molar-refractivity contribution in [3.63, 3.8) is 0 Å². The van der Waals surface area contributed by atoms with Gasteiger partial charge in [0.15, 0.2) is 0 Å². The summed E-state index contributed by atoms with van der Waals surface area (Å²) in [6.07, 6.45) is 4.05. The van der Waals surface area contributed by atoms with Crippen molar-refractivity contribution in [2.45, 2.75) is 37.8 Å². The highest BCUT2D eigenvalue weighted by Gasteiger charge is 2.34. The molecule has 1 saturated heterocycles. The van der Waals surface area contributed by atoms with Gasteiger partial charge in [0.1, 0.15) is 5.82 Å². The molecule has 1 aliphatic heterocycles. The molecule has 0 saturated carbocycles. The van der Waals surface area contributed by atoms with Crippen LogP contribution in [0, 0.1) is 0 Å². The number of amides is 2. The third kappa shape index (κ3) is 4.19. The van der Waals surface area contributed by atoms with E-state index in [1.165, 1.54) is 0 Å². The Kier molecular flexibility index (Phi) is 5.92. The highest BCUT2D eigenvalue weighted by atomic mass is 16.5. The van der Waals surface area contributed by atoms with Crippen molar-refractivity contribution in [1.82, 2.24) is 9.88 Å². The predicted molar refractivity (Wildman–Crippen MR) is 87.1 cm³/mol. The molecule has 1 fully saturated rings. The molecule has 0 spiro atoms. The Balaban J connectivity index is 2.21. The first kappa shape index (κ1) is 17.2. The molecule has 7 heteroatoms. The number of primary amides is 1. The largest absolute Gasteiger partial charge is 0.379 e. The third-order valence-corrected chi connectivity index (χ3v) is 4.23. The van der Waals surface area contributed by atoms with Crippen molar-refractivity contribution in [2.75, 3.05) is 26.0 Å². The van der Waals surface area contributed by atoms with Crippen LogP contribution < -0.4 is 11.1 Å². The van der Waals surface area contributed by atoms with Crippen LogP contribution in [-0.2, 0) is 9.53 Å². The minimum atomic E-state index is -0.362. The Labute approximate surface area is 136 Å². The standard InChI is InChI=1S/C16H24N4O3/c1-18-15-10-11(7-8-19-15)16(22)20-9-3-4-13(23-2)12(20)5-6-14(17)21/h7-8,10,12-13H,3-6,9H2,1-2H3,(H2,17,21)(H,18,19)/t12-,13-/m0/s1. The fraction of sp³-hybridized carbons (Fsp3) is 0.562. The lowest BCUT2D eigenvalue weighted by molar-refractivity contribution is -0.118. The fourth-order valence-electron chi connectivity index (χ4n) is 3.05. The number of pyridine rings is 1. The van der Waals surface area contributed by atoms with E-state index in [0.717, 1.165) is 12.8 Å². The first-order chi connectivity index (χ1) is 11.1. The number of rotatable bonds is 6. The lowest BCUT2D eigenvalue weighted by Gasteiger charge is -2.40. The Morgan fingerprint density at radius 3 is 2.96 bits per heavy atom. The first-order valence-corrected chi connectivity index (χ1v) is 7.82. The van der Waals surface area contributed by atoms with E-state index >= 15 is 0 Å². The number of aromatic nitrogens is 1. The van der Waals surface area contributed by atoms with E-state index in [9.17, 15) is 9.59 Å². The molecular formula is C16H24N4O3. The minimum absolute atomic E-state index is 0.0693. The Morgan fingerprint density at radius 1 is 1.52 bits per heavy atom. The minimum Gasteiger partial charge on any atom is -0.379 e. The predicted octanol–water partition coefficient (Wildman–Crippen LogP) is 1.01. The van der Waals surface area contributed by atoms with Gasteiger partial charge in [-0.25, -0.2) is 4.98 Å². The summed E-state index contributed by atoms with van der Waals surface area (Å²) in [4.78, 5) is 29.9. The highest BCUT2D eigenvalue weighted by Crippen LogP contribution is 2.25. The maximum Gasteiger partial charge on any atom is 0.254 e. The Hall–Kier alpha value is -2.15. The molecule has 126 valence electrons. The molecule has 3 N–H and O–H groups in total. The zero-order chi connectivity index (χ0) is 16.8. The summed E-state index contributed by atoms with van der Waals surface area (Å²) < 4.78 is 5.53. The second kappa shape index (κ2) is 7.92. The smallest absolute Gasteiger partial charge is 0.254 e. The van der Waals surface area contributed by atoms with Gasteiger partial charge in [-0.3, -0.25) is 9.59 Å². The Bertz CT molecular complexity index is 564. The lowest BCUT2D eigenvalue weighted by atomic mass is 9.93. The monoisotopic (exact) mass is 320 g/mol. The van der Waals surface area contributed by atoms with Crippen LogP contribution in [0.5, 0.6) is 0 Å². The van der Waals surface area contributed by atoms with Crippen molar-refractivity contribution in [1.29, 1.82) is 0 Å². The van der Waals surface area contributed by atoms with Gasteiger partial charge < -0.3 is 20.7 Å². The van der Waals surface area contributed by atoms with Gasteiger partial charge in [-0.2, -0.15) is 0 Å². The number of carbonyl (C=O) groups excluding carboxylic acids is 2. The van der Waals surface area contributed by atoms with Gasteiger partial charge in [-0.05, 0) is 31.4 Å². The average molecular weight is 320 g/mol. The highest BCUT2D eigenvalue weighted by molar-refractivity contribution is 5.95. The van der Waals surface area contributed by atoms with E-state index in [1.807, 2.05) is 0 Å². The molecule has 0 radical (unpaired) electrons. The van der Waals surface area contributed by atoms with Crippen LogP contribution in [0.15, 0.2) is 18.3 Å². The summed E-state index contributed by atoms with van der Waals surface area (Å²) in [7, 11) is 3.40. The Morgan fingerprint density at radius 2 is 2.30 bits per heavy atom. The second-order valence-electron chi connectivity index (χ2n) is 5.67. The zero-order valence-corrected chi connectivity index (χ0v) is 13.6. The third-order valence-electron chi connectivity index (χ3n) is 4.23. The number of nitrogens with one attached hydrogen (secondary N) is 1. The molecule has 2 heterocycles. The van der Waals surface area contributed by atoms with Gasteiger partial charge in [0.25, 0.3) is 5.91 Å². The fourth-order valence-corrected chi connectivity index (χ4v) is 3.05. The van der Waals surface area contributed by atoms with Crippen LogP contribution in [0.1, 0.15) is 36.0 Å². The molecule has 0 aliphatic carbocycles. The van der Waals surface area contributed by atoms with Crippen LogP contribution in [0.4, 0.5) is 5.82 Å². The number of anilines is 1. The number of hydrogen-bond acceptors (Lipinski definition) is 5. The van der Waals surface area contributed by atoms with Crippen LogP contribution in [-0.4, -0.2) is 54.5 Å². The molecule has 2 rings (SSSR count). The van der Waals surface area contributed by atoms with Gasteiger partial charge in [0, 0.05) is 38.9 Å². The molecule has 1 aliphatic rings. The van der Waals surface area contributed by atoms with E-state index in [2.05, 4.69) is 10.3 Å². The average Bonchev–Trinajstić information content (AvgIpc) is 2.58. The summed E-state index contributed by atoms with van der Waals surface area (Å²) in [5.41, 5.74) is 5.84. The molecule has 0 aromatic carbocycles. The van der Waals surface area contributed by atoms with Crippen molar-refractivity contribution in [2.24, 2.45) is 5.73 Å². The number of carbonyl (C=O) groups is 2. The molecule has 2 atom stereocenters. The van der Waals surface area contributed by atoms with E-state index in [4.69, 9.17) is 10.5 Å². The summed E-state index contributed by atoms with van der Waals surface area (Å²) >= 11 is 0. The maximum atomic E-state index is 12.9. The second-order valence-corrected chi connectivity index (χ2v) is 5.67. The maximum absolute atomic E-state index is 12.9. The number of nitrogens with zero attached hydrogens (tertiary/aromatic N) is 2. The number of methoxy groups -OCH3 is 1. The van der Waals surface area contributed by atoms with E-state index in [-0.39, 0.29) is 30.4 Å². The topological polar surface area (TPSA) is 97.5 Å². The van der Waals surface area contributed by atoms with Crippen molar-refractivity contribution in [3.8, 4) is 0 Å². The lowest BCUT2D eigenvalue weighted by Crippen LogP contribution is -2.51. The van der Waals surface area contributed by atoms with Gasteiger partial charge in [0.2, 0.25) is 5.91 Å². The summed E-state index contributed by atoms with van der Waals surface area (Å²) in [6, 6.07) is 3.29. The van der Waals surface area contributed by atoms with Crippen LogP contribution >= 0.6 is 0 Å². The van der Waals surface area contributed by atoms with E-state index in [1.54, 1.807) is 37.4 Å². The SMILES string of the molecule is CNc1cc(C(=O)N2CCC[C@H](OC)[C@@H]2CCC(N)=O)ccn1. The van der Waals surface area contributed by atoms with Gasteiger partial charge in [0.05, 0.1) is 12.1 Å².